The number of fused-ring (bicyclic) bond motifs is 1. The summed E-state index contributed by atoms with van der Waals surface area (Å²) in [4.78, 5) is 7.08. The summed E-state index contributed by atoms with van der Waals surface area (Å²) in [5.74, 6) is 1.04. The van der Waals surface area contributed by atoms with Gasteiger partial charge in [-0.15, -0.1) is 0 Å². The highest BCUT2D eigenvalue weighted by Gasteiger charge is 2.10. The molecular formula is C24H26N6. The van der Waals surface area contributed by atoms with Crippen LogP contribution in [0.4, 0.5) is 11.4 Å². The van der Waals surface area contributed by atoms with E-state index in [4.69, 9.17) is 16.1 Å². The highest BCUT2D eigenvalue weighted by Crippen LogP contribution is 2.23. The first-order valence-electron chi connectivity index (χ1n) is 9.90. The van der Waals surface area contributed by atoms with Crippen LogP contribution in [0.3, 0.4) is 0 Å². The lowest BCUT2D eigenvalue weighted by Crippen LogP contribution is -2.16. The zero-order valence-corrected chi connectivity index (χ0v) is 17.3. The van der Waals surface area contributed by atoms with Crippen molar-refractivity contribution in [3.8, 4) is 0 Å². The number of hydrogen-bond acceptors (Lipinski definition) is 4. The molecule has 0 spiro atoms. The summed E-state index contributed by atoms with van der Waals surface area (Å²) >= 11 is 0. The van der Waals surface area contributed by atoms with E-state index in [9.17, 15) is 0 Å². The molecule has 6 heteroatoms. The van der Waals surface area contributed by atoms with E-state index in [0.29, 0.717) is 6.54 Å². The van der Waals surface area contributed by atoms with Gasteiger partial charge in [-0.1, -0.05) is 30.3 Å². The Morgan fingerprint density at radius 3 is 2.50 bits per heavy atom. The van der Waals surface area contributed by atoms with Crippen LogP contribution in [0, 0.1) is 5.41 Å². The van der Waals surface area contributed by atoms with Crippen molar-refractivity contribution in [3.05, 3.63) is 89.7 Å². The predicted molar refractivity (Wildman–Crippen MR) is 124 cm³/mol. The lowest BCUT2D eigenvalue weighted by Gasteiger charge is -2.19. The van der Waals surface area contributed by atoms with Crippen molar-refractivity contribution in [1.29, 1.82) is 5.41 Å². The molecule has 3 aromatic carbocycles. The van der Waals surface area contributed by atoms with Crippen molar-refractivity contribution >= 4 is 28.2 Å². The van der Waals surface area contributed by atoms with E-state index in [1.807, 2.05) is 37.4 Å². The van der Waals surface area contributed by atoms with Crippen LogP contribution in [-0.4, -0.2) is 22.4 Å². The molecule has 4 N–H and O–H groups in total. The molecule has 0 aliphatic carbocycles. The third-order valence-corrected chi connectivity index (χ3v) is 5.31. The molecule has 0 bridgehead atoms. The van der Waals surface area contributed by atoms with Gasteiger partial charge >= 0.3 is 0 Å². The van der Waals surface area contributed by atoms with Crippen LogP contribution in [0.2, 0.25) is 0 Å². The minimum atomic E-state index is 0.0740. The Kier molecular flexibility index (Phi) is 5.39. The van der Waals surface area contributed by atoms with Crippen molar-refractivity contribution in [2.24, 2.45) is 12.8 Å². The number of nitrogens with one attached hydrogen (secondary N) is 2. The first-order valence-corrected chi connectivity index (χ1v) is 9.90. The molecule has 0 atom stereocenters. The Labute approximate surface area is 176 Å². The molecule has 0 unspecified atom stereocenters. The maximum atomic E-state index is 7.48. The van der Waals surface area contributed by atoms with Gasteiger partial charge in [0.2, 0.25) is 0 Å². The maximum Gasteiger partial charge on any atom is 0.128 e. The van der Waals surface area contributed by atoms with Crippen LogP contribution in [0.25, 0.3) is 11.0 Å². The topological polar surface area (TPSA) is 83.0 Å². The molecule has 30 heavy (non-hydrogen) atoms. The molecule has 152 valence electrons. The van der Waals surface area contributed by atoms with Gasteiger partial charge in [-0.05, 0) is 48.0 Å². The molecule has 1 aromatic heterocycles. The third-order valence-electron chi connectivity index (χ3n) is 5.31. The second kappa shape index (κ2) is 8.29. The van der Waals surface area contributed by atoms with Gasteiger partial charge in [0.1, 0.15) is 11.7 Å². The van der Waals surface area contributed by atoms with Crippen LogP contribution in [-0.2, 0) is 20.1 Å². The summed E-state index contributed by atoms with van der Waals surface area (Å²) < 4.78 is 2.12. The lowest BCUT2D eigenvalue weighted by atomic mass is 10.2. The van der Waals surface area contributed by atoms with Crippen LogP contribution in [0.1, 0.15) is 17.0 Å². The van der Waals surface area contributed by atoms with E-state index in [1.165, 1.54) is 5.56 Å². The van der Waals surface area contributed by atoms with E-state index >= 15 is 0 Å². The Bertz CT molecular complexity index is 1160. The van der Waals surface area contributed by atoms with Crippen LogP contribution in [0.15, 0.2) is 72.8 Å². The number of aromatic nitrogens is 2. The Morgan fingerprint density at radius 2 is 1.80 bits per heavy atom. The highest BCUT2D eigenvalue weighted by molar-refractivity contribution is 5.95. The van der Waals surface area contributed by atoms with E-state index in [1.54, 1.807) is 0 Å². The fourth-order valence-corrected chi connectivity index (χ4v) is 3.53. The summed E-state index contributed by atoms with van der Waals surface area (Å²) in [5, 5.41) is 10.9. The van der Waals surface area contributed by atoms with E-state index in [0.717, 1.165) is 40.3 Å². The number of hydrogen-bond donors (Lipinski definition) is 3. The number of amidine groups is 1. The minimum absolute atomic E-state index is 0.0740. The molecular weight excluding hydrogens is 372 g/mol. The number of benzene rings is 3. The van der Waals surface area contributed by atoms with Crippen molar-refractivity contribution < 1.29 is 0 Å². The Balaban J connectivity index is 1.49. The zero-order valence-electron chi connectivity index (χ0n) is 17.3. The molecule has 0 fully saturated rings. The Hall–Kier alpha value is -3.80. The zero-order chi connectivity index (χ0) is 21.1. The number of nitrogen functional groups attached to an aromatic ring is 1. The van der Waals surface area contributed by atoms with E-state index in [-0.39, 0.29) is 5.84 Å². The van der Waals surface area contributed by atoms with Crippen molar-refractivity contribution in [1.82, 2.24) is 9.55 Å². The number of imidazole rings is 1. The van der Waals surface area contributed by atoms with Crippen molar-refractivity contribution in [2.45, 2.75) is 13.1 Å². The smallest absolute Gasteiger partial charge is 0.128 e. The number of rotatable bonds is 7. The van der Waals surface area contributed by atoms with Crippen molar-refractivity contribution in [3.63, 3.8) is 0 Å². The maximum absolute atomic E-state index is 7.48. The average molecular weight is 399 g/mol. The van der Waals surface area contributed by atoms with Crippen LogP contribution in [0.5, 0.6) is 0 Å². The van der Waals surface area contributed by atoms with E-state index < -0.39 is 0 Å². The molecule has 0 amide bonds. The predicted octanol–water partition coefficient (Wildman–Crippen LogP) is 4.11. The van der Waals surface area contributed by atoms with Crippen LogP contribution < -0.4 is 16.0 Å². The van der Waals surface area contributed by atoms with Gasteiger partial charge in [-0.2, -0.15) is 0 Å². The normalized spacial score (nSPS) is 10.9. The molecule has 0 aliphatic heterocycles. The van der Waals surface area contributed by atoms with Gasteiger partial charge in [0.15, 0.2) is 0 Å². The molecule has 6 nitrogen and oxygen atoms in total. The van der Waals surface area contributed by atoms with Gasteiger partial charge in [0.25, 0.3) is 0 Å². The summed E-state index contributed by atoms with van der Waals surface area (Å²) in [5.41, 5.74) is 11.7. The second-order valence-electron chi connectivity index (χ2n) is 7.45. The number of nitrogens with two attached hydrogens (primary N) is 1. The molecule has 0 radical (unpaired) electrons. The summed E-state index contributed by atoms with van der Waals surface area (Å²) in [6.07, 6.45) is 0. The largest absolute Gasteiger partial charge is 0.384 e. The SMILES string of the molecule is CN(Cc1ccccc1)c1ccc2c(c1)nc(CNc1ccc(C(=N)N)cc1)n2C. The average Bonchev–Trinajstić information content (AvgIpc) is 3.08. The number of aryl methyl sites for hydroxylation is 1. The standard InChI is InChI=1S/C24H26N6/c1-29(16-17-6-4-3-5-7-17)20-12-13-22-21(14-20)28-23(30(22)2)15-27-19-10-8-18(9-11-19)24(25)26/h3-14,27H,15-16H2,1-2H3,(H3,25,26). The second-order valence-corrected chi connectivity index (χ2v) is 7.45. The molecule has 0 aliphatic rings. The number of anilines is 2. The van der Waals surface area contributed by atoms with Gasteiger partial charge in [0.05, 0.1) is 17.6 Å². The van der Waals surface area contributed by atoms with Gasteiger partial charge in [-0.25, -0.2) is 4.98 Å². The summed E-state index contributed by atoms with van der Waals surface area (Å²) in [6, 6.07) is 24.4. The Morgan fingerprint density at radius 1 is 1.07 bits per heavy atom. The molecule has 0 saturated carbocycles. The third kappa shape index (κ3) is 4.12. The monoisotopic (exact) mass is 398 g/mol. The fourth-order valence-electron chi connectivity index (χ4n) is 3.53. The summed E-state index contributed by atoms with van der Waals surface area (Å²) in [6.45, 7) is 1.46. The number of nitrogens with zero attached hydrogens (tertiary/aromatic N) is 3. The summed E-state index contributed by atoms with van der Waals surface area (Å²) in [7, 11) is 4.14. The molecule has 1 heterocycles. The fraction of sp³-hybridized carbons (Fsp3) is 0.167. The first kappa shape index (κ1) is 19.5. The van der Waals surface area contributed by atoms with E-state index in [2.05, 4.69) is 64.3 Å². The molecule has 4 rings (SSSR count). The lowest BCUT2D eigenvalue weighted by molar-refractivity contribution is 0.834. The van der Waals surface area contributed by atoms with Crippen molar-refractivity contribution in [2.75, 3.05) is 17.3 Å². The highest BCUT2D eigenvalue weighted by atomic mass is 15.1. The molecule has 4 aromatic rings. The van der Waals surface area contributed by atoms with Gasteiger partial charge in [-0.3, -0.25) is 5.41 Å². The first-order chi connectivity index (χ1) is 14.5. The van der Waals surface area contributed by atoms with Gasteiger partial charge < -0.3 is 20.5 Å². The van der Waals surface area contributed by atoms with Crippen LogP contribution >= 0.6 is 0 Å². The molecule has 0 saturated heterocycles. The minimum Gasteiger partial charge on any atom is -0.384 e. The van der Waals surface area contributed by atoms with Gasteiger partial charge in [0, 0.05) is 37.6 Å². The quantitative estimate of drug-likeness (QED) is 0.323.